The highest BCUT2D eigenvalue weighted by molar-refractivity contribution is 5.92. The van der Waals surface area contributed by atoms with Gasteiger partial charge in [-0.25, -0.2) is 0 Å². The van der Waals surface area contributed by atoms with E-state index in [1.54, 1.807) is 12.1 Å². The third-order valence-corrected chi connectivity index (χ3v) is 3.67. The van der Waals surface area contributed by atoms with E-state index in [0.29, 0.717) is 18.0 Å². The summed E-state index contributed by atoms with van der Waals surface area (Å²) < 4.78 is 5.72. The van der Waals surface area contributed by atoms with Crippen LogP contribution in [0.1, 0.15) is 21.6 Å². The molecule has 25 heavy (non-hydrogen) atoms. The number of aliphatic hydroxyl groups excluding tert-OH is 1. The number of nitrogens with one attached hydrogen (secondary N) is 1. The molecule has 3 aromatic rings. The van der Waals surface area contributed by atoms with Crippen LogP contribution >= 0.6 is 0 Å². The van der Waals surface area contributed by atoms with Gasteiger partial charge in [-0.15, -0.1) is 0 Å². The van der Waals surface area contributed by atoms with Gasteiger partial charge in [0.15, 0.2) is 0 Å². The maximum atomic E-state index is 12.3. The highest BCUT2D eigenvalue weighted by Crippen LogP contribution is 2.20. The van der Waals surface area contributed by atoms with Gasteiger partial charge in [-0.2, -0.15) is 0 Å². The van der Waals surface area contributed by atoms with Crippen molar-refractivity contribution in [2.24, 2.45) is 0 Å². The Morgan fingerprint density at radius 3 is 2.44 bits per heavy atom. The summed E-state index contributed by atoms with van der Waals surface area (Å²) in [6, 6.07) is 20.1. The minimum absolute atomic E-state index is 0.0648. The van der Waals surface area contributed by atoms with E-state index in [2.05, 4.69) is 10.3 Å². The van der Waals surface area contributed by atoms with Crippen LogP contribution in [-0.4, -0.2) is 16.0 Å². The van der Waals surface area contributed by atoms with E-state index in [-0.39, 0.29) is 18.2 Å². The number of amides is 1. The Hall–Kier alpha value is -3.18. The molecule has 2 N–H and O–H groups in total. The van der Waals surface area contributed by atoms with E-state index in [4.69, 9.17) is 4.74 Å². The summed E-state index contributed by atoms with van der Waals surface area (Å²) in [5, 5.41) is 12.1. The minimum Gasteiger partial charge on any atom is -0.457 e. The number of ether oxygens (including phenoxy) is 1. The fourth-order valence-corrected chi connectivity index (χ4v) is 2.37. The van der Waals surface area contributed by atoms with Crippen molar-refractivity contribution in [1.29, 1.82) is 0 Å². The molecule has 0 aliphatic heterocycles. The lowest BCUT2D eigenvalue weighted by atomic mass is 10.1. The summed E-state index contributed by atoms with van der Waals surface area (Å²) in [6.07, 6.45) is 1.54. The van der Waals surface area contributed by atoms with Crippen LogP contribution < -0.4 is 10.1 Å². The van der Waals surface area contributed by atoms with Crippen molar-refractivity contribution in [2.75, 3.05) is 0 Å². The van der Waals surface area contributed by atoms with Gasteiger partial charge in [0.2, 0.25) is 0 Å². The standard InChI is InChI=1S/C20H18N2O3/c23-14-16-7-5-4-6-15(16)13-22-20(24)19-12-18(10-11-21-19)25-17-8-2-1-3-9-17/h1-12,23H,13-14H2,(H,22,24). The summed E-state index contributed by atoms with van der Waals surface area (Å²) in [4.78, 5) is 16.4. The Labute approximate surface area is 145 Å². The van der Waals surface area contributed by atoms with Gasteiger partial charge in [0.05, 0.1) is 6.61 Å². The number of aromatic nitrogens is 1. The largest absolute Gasteiger partial charge is 0.457 e. The highest BCUT2D eigenvalue weighted by Gasteiger charge is 2.10. The van der Waals surface area contributed by atoms with Crippen LogP contribution in [0, 0.1) is 0 Å². The first-order valence-corrected chi connectivity index (χ1v) is 7.91. The molecule has 0 aliphatic rings. The summed E-state index contributed by atoms with van der Waals surface area (Å²) in [7, 11) is 0. The van der Waals surface area contributed by atoms with E-state index >= 15 is 0 Å². The van der Waals surface area contributed by atoms with Gasteiger partial charge in [0.1, 0.15) is 17.2 Å². The molecule has 0 aliphatic carbocycles. The van der Waals surface area contributed by atoms with Crippen LogP contribution in [0.15, 0.2) is 72.9 Å². The Morgan fingerprint density at radius 1 is 0.960 bits per heavy atom. The Morgan fingerprint density at radius 2 is 1.68 bits per heavy atom. The normalized spacial score (nSPS) is 10.3. The zero-order valence-corrected chi connectivity index (χ0v) is 13.6. The molecule has 0 saturated heterocycles. The van der Waals surface area contributed by atoms with Crippen molar-refractivity contribution >= 4 is 5.91 Å². The number of para-hydroxylation sites is 1. The second-order valence-corrected chi connectivity index (χ2v) is 5.40. The lowest BCUT2D eigenvalue weighted by Gasteiger charge is -2.10. The third kappa shape index (κ3) is 4.43. The van der Waals surface area contributed by atoms with E-state index in [1.807, 2.05) is 54.6 Å². The molecule has 5 heteroatoms. The fraction of sp³-hybridized carbons (Fsp3) is 0.100. The molecule has 0 saturated carbocycles. The molecule has 1 amide bonds. The maximum Gasteiger partial charge on any atom is 0.270 e. The minimum atomic E-state index is -0.300. The van der Waals surface area contributed by atoms with E-state index < -0.39 is 0 Å². The zero-order chi connectivity index (χ0) is 17.5. The topological polar surface area (TPSA) is 71.5 Å². The van der Waals surface area contributed by atoms with Gasteiger partial charge in [-0.05, 0) is 29.3 Å². The molecule has 1 heterocycles. The second kappa shape index (κ2) is 8.08. The molecular weight excluding hydrogens is 316 g/mol. The number of rotatable bonds is 6. The number of pyridine rings is 1. The zero-order valence-electron chi connectivity index (χ0n) is 13.6. The molecule has 0 fully saturated rings. The van der Waals surface area contributed by atoms with E-state index in [9.17, 15) is 9.90 Å². The molecule has 3 rings (SSSR count). The van der Waals surface area contributed by atoms with Crippen LogP contribution in [0.3, 0.4) is 0 Å². The van der Waals surface area contributed by atoms with Crippen molar-refractivity contribution in [3.63, 3.8) is 0 Å². The average molecular weight is 334 g/mol. The van der Waals surface area contributed by atoms with Crippen molar-refractivity contribution in [3.05, 3.63) is 89.7 Å². The number of hydrogen-bond acceptors (Lipinski definition) is 4. The van der Waals surface area contributed by atoms with Gasteiger partial charge in [0.25, 0.3) is 5.91 Å². The van der Waals surface area contributed by atoms with Crippen molar-refractivity contribution < 1.29 is 14.6 Å². The van der Waals surface area contributed by atoms with E-state index in [1.165, 1.54) is 6.20 Å². The molecular formula is C20H18N2O3. The van der Waals surface area contributed by atoms with Crippen LogP contribution in [0.5, 0.6) is 11.5 Å². The molecule has 0 spiro atoms. The number of aliphatic hydroxyl groups is 1. The number of carbonyl (C=O) groups excluding carboxylic acids is 1. The SMILES string of the molecule is O=C(NCc1ccccc1CO)c1cc(Oc2ccccc2)ccn1. The number of benzene rings is 2. The number of hydrogen-bond donors (Lipinski definition) is 2. The van der Waals surface area contributed by atoms with Gasteiger partial charge in [0, 0.05) is 18.8 Å². The summed E-state index contributed by atoms with van der Waals surface area (Å²) in [6.45, 7) is 0.256. The maximum absolute atomic E-state index is 12.3. The summed E-state index contributed by atoms with van der Waals surface area (Å²) in [5.74, 6) is 0.935. The average Bonchev–Trinajstić information content (AvgIpc) is 2.67. The quantitative estimate of drug-likeness (QED) is 0.725. The molecule has 126 valence electrons. The smallest absolute Gasteiger partial charge is 0.270 e. The Balaban J connectivity index is 1.67. The summed E-state index contributed by atoms with van der Waals surface area (Å²) in [5.41, 5.74) is 1.93. The lowest BCUT2D eigenvalue weighted by molar-refractivity contribution is 0.0945. The highest BCUT2D eigenvalue weighted by atomic mass is 16.5. The van der Waals surface area contributed by atoms with Crippen LogP contribution in [-0.2, 0) is 13.2 Å². The van der Waals surface area contributed by atoms with Crippen LogP contribution in [0.4, 0.5) is 0 Å². The Kier molecular flexibility index (Phi) is 5.39. The van der Waals surface area contributed by atoms with Crippen LogP contribution in [0.2, 0.25) is 0 Å². The lowest BCUT2D eigenvalue weighted by Crippen LogP contribution is -2.24. The first-order valence-electron chi connectivity index (χ1n) is 7.91. The summed E-state index contributed by atoms with van der Waals surface area (Å²) >= 11 is 0. The van der Waals surface area contributed by atoms with Gasteiger partial charge in [-0.3, -0.25) is 9.78 Å². The van der Waals surface area contributed by atoms with Crippen LogP contribution in [0.25, 0.3) is 0 Å². The number of nitrogens with zero attached hydrogens (tertiary/aromatic N) is 1. The van der Waals surface area contributed by atoms with Crippen molar-refractivity contribution in [2.45, 2.75) is 13.2 Å². The van der Waals surface area contributed by atoms with Gasteiger partial charge in [-0.1, -0.05) is 42.5 Å². The molecule has 0 radical (unpaired) electrons. The molecule has 0 atom stereocenters. The monoisotopic (exact) mass is 334 g/mol. The molecule has 0 bridgehead atoms. The molecule has 5 nitrogen and oxygen atoms in total. The van der Waals surface area contributed by atoms with Crippen molar-refractivity contribution in [1.82, 2.24) is 10.3 Å². The molecule has 0 unspecified atom stereocenters. The first kappa shape index (κ1) is 16.7. The fourth-order valence-electron chi connectivity index (χ4n) is 2.37. The second-order valence-electron chi connectivity index (χ2n) is 5.40. The predicted octanol–water partition coefficient (Wildman–Crippen LogP) is 3.30. The number of carbonyl (C=O) groups is 1. The van der Waals surface area contributed by atoms with E-state index in [0.717, 1.165) is 11.1 Å². The van der Waals surface area contributed by atoms with Gasteiger partial charge < -0.3 is 15.2 Å². The third-order valence-electron chi connectivity index (χ3n) is 3.67. The molecule has 2 aromatic carbocycles. The molecule has 1 aromatic heterocycles. The van der Waals surface area contributed by atoms with Crippen molar-refractivity contribution in [3.8, 4) is 11.5 Å². The first-order chi connectivity index (χ1) is 12.3. The van der Waals surface area contributed by atoms with Gasteiger partial charge >= 0.3 is 0 Å². The Bertz CT molecular complexity index is 850. The predicted molar refractivity (Wildman–Crippen MR) is 94.3 cm³/mol.